The number of nitrogens with zero attached hydrogens (tertiary/aromatic N) is 4. The number of thiocarbonyl (C=S) groups is 1. The molecule has 4 aromatic heterocycles. The lowest BCUT2D eigenvalue weighted by Crippen LogP contribution is -2.32. The first-order valence-corrected chi connectivity index (χ1v) is 10.3. The molecule has 0 saturated carbocycles. The van der Waals surface area contributed by atoms with Crippen molar-refractivity contribution in [2.24, 2.45) is 0 Å². The number of methoxy groups -OCH3 is 1. The highest BCUT2D eigenvalue weighted by atomic mass is 32.1. The largest absolute Gasteiger partial charge is 0.495 e. The molecule has 32 heavy (non-hydrogen) atoms. The quantitative estimate of drug-likeness (QED) is 0.300. The summed E-state index contributed by atoms with van der Waals surface area (Å²) in [7, 11) is 1.54. The van der Waals surface area contributed by atoms with Crippen LogP contribution in [-0.4, -0.2) is 43.6 Å². The van der Waals surface area contributed by atoms with Crippen LogP contribution in [0.25, 0.3) is 5.52 Å². The Morgan fingerprint density at radius 2 is 2.00 bits per heavy atom. The Labute approximate surface area is 189 Å². The van der Waals surface area contributed by atoms with Gasteiger partial charge in [-0.1, -0.05) is 18.3 Å². The van der Waals surface area contributed by atoms with Crippen LogP contribution in [0.4, 0.5) is 5.69 Å². The smallest absolute Gasteiger partial charge is 0.205 e. The Hall–Kier alpha value is -3.98. The lowest BCUT2D eigenvalue weighted by molar-refractivity contribution is -0.114. The van der Waals surface area contributed by atoms with Gasteiger partial charge in [0, 0.05) is 24.7 Å². The Morgan fingerprint density at radius 3 is 2.72 bits per heavy atom. The summed E-state index contributed by atoms with van der Waals surface area (Å²) >= 11 is 5.16. The van der Waals surface area contributed by atoms with Crippen molar-refractivity contribution in [3.05, 3.63) is 84.7 Å². The molecule has 4 heterocycles. The topological polar surface area (TPSA) is 105 Å². The molecule has 0 saturated heterocycles. The van der Waals surface area contributed by atoms with Crippen LogP contribution in [0.15, 0.2) is 73.4 Å². The highest BCUT2D eigenvalue weighted by molar-refractivity contribution is 7.79. The van der Waals surface area contributed by atoms with Gasteiger partial charge in [0.05, 0.1) is 48.0 Å². The Morgan fingerprint density at radius 1 is 1.19 bits per heavy atom. The molecule has 0 aliphatic rings. The summed E-state index contributed by atoms with van der Waals surface area (Å²) in [5.41, 5.74) is 2.46. The molecule has 2 unspecified atom stereocenters. The lowest BCUT2D eigenvalue weighted by atomic mass is 9.90. The van der Waals surface area contributed by atoms with Gasteiger partial charge in [-0.15, -0.1) is 0 Å². The maximum absolute atomic E-state index is 13.6. The number of ether oxygens (including phenoxy) is 1. The molecule has 0 fully saturated rings. The highest BCUT2D eigenvalue weighted by Gasteiger charge is 2.31. The van der Waals surface area contributed by atoms with Gasteiger partial charge in [-0.25, -0.2) is 4.52 Å². The van der Waals surface area contributed by atoms with E-state index in [1.165, 1.54) is 5.37 Å². The SMILES string of the molecule is COc1cncc(NC(C(=O)C(=N)C(C=S)c2ccncc2)c2cc3ccccn3n2)c1. The van der Waals surface area contributed by atoms with Gasteiger partial charge < -0.3 is 15.5 Å². The summed E-state index contributed by atoms with van der Waals surface area (Å²) in [5.74, 6) is -0.552. The summed E-state index contributed by atoms with van der Waals surface area (Å²) in [5, 5.41) is 17.8. The minimum atomic E-state index is -0.921. The van der Waals surface area contributed by atoms with Gasteiger partial charge in [0.15, 0.2) is 0 Å². The zero-order chi connectivity index (χ0) is 22.5. The number of nitrogens with one attached hydrogen (secondary N) is 2. The molecule has 9 heteroatoms. The van der Waals surface area contributed by atoms with E-state index in [-0.39, 0.29) is 5.71 Å². The van der Waals surface area contributed by atoms with Crippen LogP contribution >= 0.6 is 12.2 Å². The highest BCUT2D eigenvalue weighted by Crippen LogP contribution is 2.26. The van der Waals surface area contributed by atoms with Crippen LogP contribution in [-0.2, 0) is 4.79 Å². The van der Waals surface area contributed by atoms with Crippen molar-refractivity contribution in [3.63, 3.8) is 0 Å². The van der Waals surface area contributed by atoms with Crippen LogP contribution in [0.2, 0.25) is 0 Å². The fraction of sp³-hybridized carbons (Fsp3) is 0.130. The van der Waals surface area contributed by atoms with Gasteiger partial charge >= 0.3 is 0 Å². The summed E-state index contributed by atoms with van der Waals surface area (Å²) in [4.78, 5) is 21.7. The van der Waals surface area contributed by atoms with E-state index in [9.17, 15) is 4.79 Å². The van der Waals surface area contributed by atoms with E-state index >= 15 is 0 Å². The number of hydrogen-bond acceptors (Lipinski definition) is 8. The molecule has 2 N–H and O–H groups in total. The number of Topliss-reactive ketones (excluding diaryl/α,β-unsaturated/α-hetero) is 1. The molecular weight excluding hydrogens is 424 g/mol. The third kappa shape index (κ3) is 4.37. The van der Waals surface area contributed by atoms with E-state index in [1.54, 1.807) is 60.8 Å². The zero-order valence-corrected chi connectivity index (χ0v) is 18.0. The first-order valence-electron chi connectivity index (χ1n) is 9.78. The Kier molecular flexibility index (Phi) is 6.27. The molecule has 0 bridgehead atoms. The second kappa shape index (κ2) is 9.44. The van der Waals surface area contributed by atoms with Gasteiger partial charge in [0.2, 0.25) is 5.78 Å². The molecule has 8 nitrogen and oxygen atoms in total. The average molecular weight is 445 g/mol. The van der Waals surface area contributed by atoms with Crippen molar-refractivity contribution in [2.75, 3.05) is 12.4 Å². The van der Waals surface area contributed by atoms with Crippen LogP contribution in [0.1, 0.15) is 23.2 Å². The fourth-order valence-electron chi connectivity index (χ4n) is 3.34. The first-order chi connectivity index (χ1) is 15.6. The number of rotatable bonds is 9. The van der Waals surface area contributed by atoms with Crippen molar-refractivity contribution in [1.82, 2.24) is 19.6 Å². The first kappa shape index (κ1) is 21.3. The number of carbonyl (C=O) groups is 1. The van der Waals surface area contributed by atoms with Gasteiger partial charge in [-0.05, 0) is 41.3 Å². The summed E-state index contributed by atoms with van der Waals surface area (Å²) in [6.45, 7) is 0. The number of fused-ring (bicyclic) bond motifs is 1. The van der Waals surface area contributed by atoms with Gasteiger partial charge in [0.25, 0.3) is 0 Å². The second-order valence-electron chi connectivity index (χ2n) is 7.00. The predicted molar refractivity (Wildman–Crippen MR) is 126 cm³/mol. The average Bonchev–Trinajstić information content (AvgIpc) is 3.27. The van der Waals surface area contributed by atoms with Crippen LogP contribution in [0.5, 0.6) is 5.75 Å². The molecule has 0 aliphatic carbocycles. The third-order valence-electron chi connectivity index (χ3n) is 4.98. The van der Waals surface area contributed by atoms with Crippen LogP contribution in [0.3, 0.4) is 0 Å². The van der Waals surface area contributed by atoms with Crippen LogP contribution < -0.4 is 10.1 Å². The van der Waals surface area contributed by atoms with Crippen molar-refractivity contribution in [3.8, 4) is 5.75 Å². The van der Waals surface area contributed by atoms with E-state index < -0.39 is 17.7 Å². The molecule has 0 aromatic carbocycles. The zero-order valence-electron chi connectivity index (χ0n) is 17.2. The van der Waals surface area contributed by atoms with Crippen molar-refractivity contribution in [2.45, 2.75) is 12.0 Å². The molecule has 0 spiro atoms. The van der Waals surface area contributed by atoms with Crippen molar-refractivity contribution >= 4 is 40.3 Å². The monoisotopic (exact) mass is 444 g/mol. The summed E-state index contributed by atoms with van der Waals surface area (Å²) in [6.07, 6.45) is 8.18. The standard InChI is InChI=1S/C23H20N6O2S/c1-31-18-10-16(12-26-13-18)27-22(20-11-17-4-2-3-9-29(17)28-20)23(30)21(24)19(14-32)15-5-7-25-8-6-15/h2-14,19,22,24,27H,1H3. The minimum absolute atomic E-state index is 0.142. The van der Waals surface area contributed by atoms with Gasteiger partial charge in [-0.3, -0.25) is 14.8 Å². The normalized spacial score (nSPS) is 12.7. The van der Waals surface area contributed by atoms with E-state index in [4.69, 9.17) is 22.4 Å². The molecular formula is C23H20N6O2S. The third-order valence-corrected chi connectivity index (χ3v) is 5.26. The van der Waals surface area contributed by atoms with E-state index in [2.05, 4.69) is 20.4 Å². The summed E-state index contributed by atoms with van der Waals surface area (Å²) in [6, 6.07) is 11.8. The lowest BCUT2D eigenvalue weighted by Gasteiger charge is -2.20. The predicted octanol–water partition coefficient (Wildman–Crippen LogP) is 3.66. The molecule has 0 aliphatic heterocycles. The number of aromatic nitrogens is 4. The Balaban J connectivity index is 1.72. The molecule has 0 radical (unpaired) electrons. The molecule has 0 amide bonds. The number of anilines is 1. The molecule has 4 aromatic rings. The van der Waals surface area contributed by atoms with E-state index in [0.717, 1.165) is 11.1 Å². The number of pyridine rings is 3. The van der Waals surface area contributed by atoms with Gasteiger partial charge in [-0.2, -0.15) is 5.10 Å². The number of hydrogen-bond donors (Lipinski definition) is 2. The molecule has 4 rings (SSSR count). The molecule has 2 atom stereocenters. The van der Waals surface area contributed by atoms with E-state index in [1.807, 2.05) is 24.3 Å². The number of carbonyl (C=O) groups excluding carboxylic acids is 1. The summed E-state index contributed by atoms with van der Waals surface area (Å²) < 4.78 is 6.92. The number of ketones is 1. The minimum Gasteiger partial charge on any atom is -0.495 e. The van der Waals surface area contributed by atoms with Crippen LogP contribution in [0, 0.1) is 5.41 Å². The second-order valence-corrected chi connectivity index (χ2v) is 7.27. The fourth-order valence-corrected chi connectivity index (χ4v) is 3.63. The maximum Gasteiger partial charge on any atom is 0.205 e. The Bertz CT molecular complexity index is 1240. The van der Waals surface area contributed by atoms with E-state index in [0.29, 0.717) is 17.1 Å². The molecule has 160 valence electrons. The van der Waals surface area contributed by atoms with Crippen molar-refractivity contribution in [1.29, 1.82) is 5.41 Å². The van der Waals surface area contributed by atoms with Crippen molar-refractivity contribution < 1.29 is 9.53 Å². The van der Waals surface area contributed by atoms with Gasteiger partial charge in [0.1, 0.15) is 11.8 Å². The maximum atomic E-state index is 13.6.